The van der Waals surface area contributed by atoms with E-state index in [1.54, 1.807) is 0 Å². The van der Waals surface area contributed by atoms with Crippen molar-refractivity contribution < 1.29 is 4.74 Å². The molecular formula is C14H25N5O. The van der Waals surface area contributed by atoms with Crippen molar-refractivity contribution in [2.45, 2.75) is 59.1 Å². The highest BCUT2D eigenvalue weighted by Crippen LogP contribution is 2.36. The first-order chi connectivity index (χ1) is 9.62. The molecule has 112 valence electrons. The van der Waals surface area contributed by atoms with Crippen LogP contribution in [-0.2, 0) is 0 Å². The zero-order chi connectivity index (χ0) is 14.5. The number of nitrogens with one attached hydrogen (secondary N) is 2. The van der Waals surface area contributed by atoms with Gasteiger partial charge in [-0.2, -0.15) is 15.0 Å². The van der Waals surface area contributed by atoms with E-state index in [-0.39, 0.29) is 6.10 Å². The van der Waals surface area contributed by atoms with Gasteiger partial charge >= 0.3 is 6.01 Å². The van der Waals surface area contributed by atoms with Crippen LogP contribution < -0.4 is 15.4 Å². The van der Waals surface area contributed by atoms with Crippen molar-refractivity contribution in [3.8, 4) is 6.01 Å². The summed E-state index contributed by atoms with van der Waals surface area (Å²) < 4.78 is 5.58. The van der Waals surface area contributed by atoms with Crippen LogP contribution in [0, 0.1) is 5.92 Å². The van der Waals surface area contributed by atoms with Crippen LogP contribution in [0.1, 0.15) is 47.0 Å². The number of aromatic nitrogens is 3. The fourth-order valence-corrected chi connectivity index (χ4v) is 2.20. The fraction of sp³-hybridized carbons (Fsp3) is 0.786. The Kier molecular flexibility index (Phi) is 4.98. The molecule has 0 radical (unpaired) electrons. The Morgan fingerprint density at radius 2 is 1.95 bits per heavy atom. The molecule has 0 aliphatic heterocycles. The maximum absolute atomic E-state index is 5.58. The van der Waals surface area contributed by atoms with E-state index in [4.69, 9.17) is 4.74 Å². The molecule has 2 rings (SSSR count). The lowest BCUT2D eigenvalue weighted by molar-refractivity contribution is 0.222. The van der Waals surface area contributed by atoms with Crippen molar-refractivity contribution in [3.05, 3.63) is 0 Å². The van der Waals surface area contributed by atoms with E-state index in [2.05, 4.69) is 32.5 Å². The van der Waals surface area contributed by atoms with Gasteiger partial charge in [-0.05, 0) is 39.5 Å². The normalized spacial score (nSPS) is 20.9. The molecule has 1 heterocycles. The van der Waals surface area contributed by atoms with E-state index in [0.717, 1.165) is 12.5 Å². The third-order valence-electron chi connectivity index (χ3n) is 3.19. The summed E-state index contributed by atoms with van der Waals surface area (Å²) >= 11 is 0. The van der Waals surface area contributed by atoms with Crippen LogP contribution in [-0.4, -0.2) is 33.6 Å². The van der Waals surface area contributed by atoms with Gasteiger partial charge in [-0.3, -0.25) is 0 Å². The largest absolute Gasteiger partial charge is 0.461 e. The summed E-state index contributed by atoms with van der Waals surface area (Å²) in [5, 5.41) is 6.49. The summed E-state index contributed by atoms with van der Waals surface area (Å²) in [6.45, 7) is 8.92. The van der Waals surface area contributed by atoms with E-state index >= 15 is 0 Å². The van der Waals surface area contributed by atoms with Crippen LogP contribution in [0.4, 0.5) is 11.9 Å². The van der Waals surface area contributed by atoms with E-state index in [1.165, 1.54) is 19.3 Å². The number of ether oxygens (including phenoxy) is 1. The molecule has 20 heavy (non-hydrogen) atoms. The summed E-state index contributed by atoms with van der Waals surface area (Å²) in [6, 6.07) is 0.875. The SMILES string of the molecule is CCCC1CC1Nc1nc(NCC)nc(OC(C)C)n1. The average Bonchev–Trinajstić information content (AvgIpc) is 3.06. The number of hydrogen-bond donors (Lipinski definition) is 2. The molecule has 1 saturated carbocycles. The molecule has 1 aliphatic carbocycles. The Balaban J connectivity index is 2.04. The molecule has 0 aromatic carbocycles. The maximum atomic E-state index is 5.58. The molecule has 0 saturated heterocycles. The standard InChI is InChI=1S/C14H25N5O/c1-5-7-10-8-11(10)16-13-17-12(15-6-2)18-14(19-13)20-9(3)4/h9-11H,5-8H2,1-4H3,(H2,15,16,17,18,19). The first-order valence-electron chi connectivity index (χ1n) is 7.55. The highest BCUT2D eigenvalue weighted by atomic mass is 16.5. The van der Waals surface area contributed by atoms with Crippen LogP contribution in [0.2, 0.25) is 0 Å². The highest BCUT2D eigenvalue weighted by Gasteiger charge is 2.36. The minimum absolute atomic E-state index is 0.0495. The molecule has 1 fully saturated rings. The monoisotopic (exact) mass is 279 g/mol. The quantitative estimate of drug-likeness (QED) is 0.762. The second-order valence-corrected chi connectivity index (χ2v) is 5.50. The van der Waals surface area contributed by atoms with E-state index < -0.39 is 0 Å². The average molecular weight is 279 g/mol. The number of nitrogens with zero attached hydrogens (tertiary/aromatic N) is 3. The van der Waals surface area contributed by atoms with Crippen LogP contribution >= 0.6 is 0 Å². The van der Waals surface area contributed by atoms with Crippen LogP contribution in [0.15, 0.2) is 0 Å². The first kappa shape index (κ1) is 14.8. The second kappa shape index (κ2) is 6.72. The Bertz CT molecular complexity index is 438. The molecule has 1 aromatic heterocycles. The van der Waals surface area contributed by atoms with Crippen LogP contribution in [0.5, 0.6) is 6.01 Å². The zero-order valence-electron chi connectivity index (χ0n) is 12.8. The molecule has 0 bridgehead atoms. The summed E-state index contributed by atoms with van der Waals surface area (Å²) in [6.07, 6.45) is 3.74. The summed E-state index contributed by atoms with van der Waals surface area (Å²) in [5.41, 5.74) is 0. The first-order valence-corrected chi connectivity index (χ1v) is 7.55. The zero-order valence-corrected chi connectivity index (χ0v) is 12.8. The van der Waals surface area contributed by atoms with Gasteiger partial charge in [0.25, 0.3) is 0 Å². The minimum Gasteiger partial charge on any atom is -0.461 e. The molecular weight excluding hydrogens is 254 g/mol. The van der Waals surface area contributed by atoms with Crippen molar-refractivity contribution in [1.82, 2.24) is 15.0 Å². The van der Waals surface area contributed by atoms with Crippen molar-refractivity contribution in [2.75, 3.05) is 17.2 Å². The van der Waals surface area contributed by atoms with Crippen molar-refractivity contribution in [1.29, 1.82) is 0 Å². The van der Waals surface area contributed by atoms with Gasteiger partial charge in [0, 0.05) is 12.6 Å². The van der Waals surface area contributed by atoms with Crippen LogP contribution in [0.3, 0.4) is 0 Å². The highest BCUT2D eigenvalue weighted by molar-refractivity contribution is 5.38. The summed E-state index contributed by atoms with van der Waals surface area (Å²) in [5.74, 6) is 1.93. The third kappa shape index (κ3) is 4.21. The fourth-order valence-electron chi connectivity index (χ4n) is 2.20. The predicted molar refractivity (Wildman–Crippen MR) is 80.2 cm³/mol. The van der Waals surface area contributed by atoms with E-state index in [0.29, 0.717) is 23.9 Å². The van der Waals surface area contributed by atoms with Gasteiger partial charge < -0.3 is 15.4 Å². The van der Waals surface area contributed by atoms with Gasteiger partial charge in [-0.1, -0.05) is 13.3 Å². The lowest BCUT2D eigenvalue weighted by atomic mass is 10.2. The maximum Gasteiger partial charge on any atom is 0.323 e. The van der Waals surface area contributed by atoms with Gasteiger partial charge in [-0.15, -0.1) is 0 Å². The minimum atomic E-state index is 0.0495. The molecule has 0 amide bonds. The third-order valence-corrected chi connectivity index (χ3v) is 3.19. The smallest absolute Gasteiger partial charge is 0.323 e. The van der Waals surface area contributed by atoms with Gasteiger partial charge in [0.05, 0.1) is 6.10 Å². The number of rotatable bonds is 8. The lowest BCUT2D eigenvalue weighted by Crippen LogP contribution is -2.15. The molecule has 0 spiro atoms. The van der Waals surface area contributed by atoms with Crippen molar-refractivity contribution in [3.63, 3.8) is 0 Å². The molecule has 1 aliphatic rings. The Hall–Kier alpha value is -1.59. The summed E-state index contributed by atoms with van der Waals surface area (Å²) in [4.78, 5) is 13.0. The molecule has 6 nitrogen and oxygen atoms in total. The number of hydrogen-bond acceptors (Lipinski definition) is 6. The lowest BCUT2D eigenvalue weighted by Gasteiger charge is -2.11. The van der Waals surface area contributed by atoms with E-state index in [9.17, 15) is 0 Å². The van der Waals surface area contributed by atoms with Crippen molar-refractivity contribution in [2.24, 2.45) is 5.92 Å². The Morgan fingerprint density at radius 3 is 2.60 bits per heavy atom. The van der Waals surface area contributed by atoms with Gasteiger partial charge in [0.15, 0.2) is 0 Å². The predicted octanol–water partition coefficient (Wildman–Crippen LogP) is 2.69. The Morgan fingerprint density at radius 1 is 1.20 bits per heavy atom. The van der Waals surface area contributed by atoms with Gasteiger partial charge in [0.1, 0.15) is 0 Å². The molecule has 6 heteroatoms. The summed E-state index contributed by atoms with van der Waals surface area (Å²) in [7, 11) is 0. The topological polar surface area (TPSA) is 72.0 Å². The molecule has 2 N–H and O–H groups in total. The molecule has 2 atom stereocenters. The Labute approximate surface area is 120 Å². The van der Waals surface area contributed by atoms with Crippen LogP contribution in [0.25, 0.3) is 0 Å². The van der Waals surface area contributed by atoms with E-state index in [1.807, 2.05) is 20.8 Å². The second-order valence-electron chi connectivity index (χ2n) is 5.50. The number of anilines is 2. The molecule has 1 aromatic rings. The van der Waals surface area contributed by atoms with Crippen molar-refractivity contribution >= 4 is 11.9 Å². The molecule has 2 unspecified atom stereocenters. The van der Waals surface area contributed by atoms with Gasteiger partial charge in [-0.25, -0.2) is 0 Å². The van der Waals surface area contributed by atoms with Gasteiger partial charge in [0.2, 0.25) is 11.9 Å².